The summed E-state index contributed by atoms with van der Waals surface area (Å²) in [6.07, 6.45) is -4.49. The Morgan fingerprint density at radius 2 is 1.80 bits per heavy atom. The van der Waals surface area contributed by atoms with Crippen LogP contribution in [0.15, 0.2) is 57.9 Å². The lowest BCUT2D eigenvalue weighted by molar-refractivity contribution is -0.252. The zero-order valence-electron chi connectivity index (χ0n) is 26.7. The smallest absolute Gasteiger partial charge is 0.257 e. The SMILES string of the molecule is O=C(N[C@H]1C(O)O[C@H](CO)[C@H](O)[C@@H]1O)c1cn2c3c(c(NCCCN4CCOCC4)c(F)cc3c1=O)Oc1cc3c(cc1-2)oc1ccccc13. The maximum absolute atomic E-state index is 16.0. The van der Waals surface area contributed by atoms with Gasteiger partial charge >= 0.3 is 0 Å². The predicted octanol–water partition coefficient (Wildman–Crippen LogP) is 1.80. The number of morpholine rings is 1. The van der Waals surface area contributed by atoms with Crippen LogP contribution in [0.1, 0.15) is 16.8 Å². The number of nitrogens with one attached hydrogen (secondary N) is 2. The van der Waals surface area contributed by atoms with Crippen molar-refractivity contribution >= 4 is 44.4 Å². The molecule has 5 atom stereocenters. The van der Waals surface area contributed by atoms with Crippen LogP contribution in [0.5, 0.6) is 11.5 Å². The van der Waals surface area contributed by atoms with E-state index >= 15 is 4.39 Å². The number of aromatic nitrogens is 1. The number of ether oxygens (including phenoxy) is 3. The van der Waals surface area contributed by atoms with Gasteiger partial charge in [-0.1, -0.05) is 18.2 Å². The minimum atomic E-state index is -1.81. The highest BCUT2D eigenvalue weighted by Gasteiger charge is 2.44. The second kappa shape index (κ2) is 12.9. The molecule has 8 rings (SSSR count). The summed E-state index contributed by atoms with van der Waals surface area (Å²) in [5, 5.41) is 47.8. The average molecular weight is 691 g/mol. The first kappa shape index (κ1) is 32.6. The number of aliphatic hydroxyl groups excluding tert-OH is 4. The van der Waals surface area contributed by atoms with Crippen molar-refractivity contribution in [2.24, 2.45) is 0 Å². The molecule has 3 aliphatic rings. The summed E-state index contributed by atoms with van der Waals surface area (Å²) in [5.74, 6) is -1.39. The van der Waals surface area contributed by atoms with Crippen LogP contribution < -0.4 is 20.8 Å². The number of amides is 1. The van der Waals surface area contributed by atoms with Crippen molar-refractivity contribution < 1.29 is 48.2 Å². The van der Waals surface area contributed by atoms with Gasteiger partial charge in [-0.05, 0) is 31.2 Å². The largest absolute Gasteiger partial charge is 0.456 e. The monoisotopic (exact) mass is 690 g/mol. The minimum absolute atomic E-state index is 0.0608. The second-order valence-electron chi connectivity index (χ2n) is 12.7. The number of nitrogens with zero attached hydrogens (tertiary/aromatic N) is 2. The van der Waals surface area contributed by atoms with E-state index in [2.05, 4.69) is 15.5 Å². The van der Waals surface area contributed by atoms with Crippen LogP contribution in [0.25, 0.3) is 38.5 Å². The fourth-order valence-corrected chi connectivity index (χ4v) is 6.99. The number of carbonyl (C=O) groups is 1. The first-order valence-corrected chi connectivity index (χ1v) is 16.4. The molecule has 5 aromatic rings. The molecule has 0 aliphatic carbocycles. The molecule has 5 heterocycles. The third-order valence-electron chi connectivity index (χ3n) is 9.62. The maximum atomic E-state index is 16.0. The molecule has 0 bridgehead atoms. The van der Waals surface area contributed by atoms with Gasteiger partial charge in [0, 0.05) is 42.7 Å². The molecule has 14 nitrogen and oxygen atoms in total. The van der Waals surface area contributed by atoms with Crippen molar-refractivity contribution in [3.05, 3.63) is 70.3 Å². The Balaban J connectivity index is 1.22. The lowest BCUT2D eigenvalue weighted by Crippen LogP contribution is -2.64. The highest BCUT2D eigenvalue weighted by Crippen LogP contribution is 2.47. The number of hydrogen-bond donors (Lipinski definition) is 6. The van der Waals surface area contributed by atoms with Gasteiger partial charge in [0.25, 0.3) is 5.91 Å². The number of benzene rings is 3. The van der Waals surface area contributed by atoms with E-state index < -0.39 is 60.0 Å². The average Bonchev–Trinajstić information content (AvgIpc) is 3.49. The van der Waals surface area contributed by atoms with Gasteiger partial charge in [-0.3, -0.25) is 14.5 Å². The van der Waals surface area contributed by atoms with Gasteiger partial charge in [0.05, 0.1) is 30.9 Å². The van der Waals surface area contributed by atoms with Gasteiger partial charge in [-0.15, -0.1) is 0 Å². The summed E-state index contributed by atoms with van der Waals surface area (Å²) in [6, 6.07) is 10.4. The molecule has 3 aromatic carbocycles. The van der Waals surface area contributed by atoms with Gasteiger partial charge in [0.15, 0.2) is 23.6 Å². The number of halogens is 1. The molecular formula is C35H35FN4O10. The predicted molar refractivity (Wildman–Crippen MR) is 178 cm³/mol. The number of carbonyl (C=O) groups excluding carboxylic acids is 1. The van der Waals surface area contributed by atoms with Crippen molar-refractivity contribution in [1.29, 1.82) is 0 Å². The molecule has 15 heteroatoms. The van der Waals surface area contributed by atoms with E-state index in [9.17, 15) is 30.0 Å². The molecule has 2 fully saturated rings. The Bertz CT molecular complexity index is 2180. The summed E-state index contributed by atoms with van der Waals surface area (Å²) < 4.78 is 40.7. The van der Waals surface area contributed by atoms with Gasteiger partial charge in [0.1, 0.15) is 52.3 Å². The van der Waals surface area contributed by atoms with Crippen LogP contribution in [0.2, 0.25) is 0 Å². The van der Waals surface area contributed by atoms with Gasteiger partial charge in [0.2, 0.25) is 5.43 Å². The third kappa shape index (κ3) is 5.47. The fourth-order valence-electron chi connectivity index (χ4n) is 6.99. The van der Waals surface area contributed by atoms with E-state index in [1.54, 1.807) is 16.7 Å². The number of fused-ring (bicyclic) bond motifs is 5. The molecule has 1 amide bonds. The van der Waals surface area contributed by atoms with Crippen molar-refractivity contribution in [1.82, 2.24) is 14.8 Å². The van der Waals surface area contributed by atoms with Crippen LogP contribution in [0.3, 0.4) is 0 Å². The lowest BCUT2D eigenvalue weighted by atomic mass is 9.96. The molecule has 1 unspecified atom stereocenters. The maximum Gasteiger partial charge on any atom is 0.257 e. The zero-order chi connectivity index (χ0) is 34.7. The van der Waals surface area contributed by atoms with Crippen molar-refractivity contribution in [2.75, 3.05) is 51.3 Å². The third-order valence-corrected chi connectivity index (χ3v) is 9.62. The molecule has 0 saturated carbocycles. The van der Waals surface area contributed by atoms with E-state index in [0.717, 1.165) is 36.5 Å². The van der Waals surface area contributed by atoms with Gasteiger partial charge < -0.3 is 54.3 Å². The Hall–Kier alpha value is -4.61. The Labute approximate surface area is 283 Å². The highest BCUT2D eigenvalue weighted by atomic mass is 19.1. The summed E-state index contributed by atoms with van der Waals surface area (Å²) >= 11 is 0. The highest BCUT2D eigenvalue weighted by molar-refractivity contribution is 6.07. The number of para-hydroxylation sites is 1. The summed E-state index contributed by atoms with van der Waals surface area (Å²) in [7, 11) is 0. The zero-order valence-corrected chi connectivity index (χ0v) is 26.7. The Kier molecular flexibility index (Phi) is 8.43. The van der Waals surface area contributed by atoms with Crippen molar-refractivity contribution in [2.45, 2.75) is 37.1 Å². The van der Waals surface area contributed by atoms with E-state index in [1.807, 2.05) is 24.3 Å². The summed E-state index contributed by atoms with van der Waals surface area (Å²) in [6.45, 7) is 3.49. The number of pyridine rings is 1. The number of furan rings is 1. The summed E-state index contributed by atoms with van der Waals surface area (Å²) in [4.78, 5) is 29.9. The summed E-state index contributed by atoms with van der Waals surface area (Å²) in [5.41, 5.74) is 0.564. The van der Waals surface area contributed by atoms with Crippen LogP contribution in [0.4, 0.5) is 10.1 Å². The van der Waals surface area contributed by atoms with Crippen LogP contribution in [-0.2, 0) is 9.47 Å². The molecule has 2 aromatic heterocycles. The topological polar surface area (TPSA) is 188 Å². The Morgan fingerprint density at radius 1 is 1.00 bits per heavy atom. The molecule has 0 spiro atoms. The minimum Gasteiger partial charge on any atom is -0.456 e. The van der Waals surface area contributed by atoms with Crippen LogP contribution >= 0.6 is 0 Å². The molecule has 6 N–H and O–H groups in total. The van der Waals surface area contributed by atoms with Gasteiger partial charge in [-0.2, -0.15) is 0 Å². The number of aliphatic hydroxyl groups is 4. The van der Waals surface area contributed by atoms with Crippen LogP contribution in [0, 0.1) is 5.82 Å². The van der Waals surface area contributed by atoms with E-state index in [1.165, 1.54) is 6.20 Å². The van der Waals surface area contributed by atoms with Crippen LogP contribution in [-0.4, -0.2) is 112 Å². The normalized spacial score (nSPS) is 23.6. The first-order valence-electron chi connectivity index (χ1n) is 16.4. The fraction of sp³-hybridized carbons (Fsp3) is 0.371. The standard InChI is InChI=1S/C35H35FN4O10/c36-21-12-19-29-33(27(21)37-6-3-7-39-8-10-47-11-9-39)49-25-13-18-17-4-1-2-5-23(17)48-24(18)14-22(25)40(29)15-20(30(19)42)34(45)38-28-32(44)31(43)26(16-41)50-35(28)46/h1-2,4-5,12-15,26,28,31-32,35,37,41,43-44,46H,3,6-11,16H2,(H,38,45)/t26-,28-,31+,32-,35?/m1/s1. The molecule has 3 aliphatic heterocycles. The Morgan fingerprint density at radius 3 is 2.60 bits per heavy atom. The molecule has 0 radical (unpaired) electrons. The lowest BCUT2D eigenvalue weighted by Gasteiger charge is -2.40. The van der Waals surface area contributed by atoms with E-state index in [-0.39, 0.29) is 22.3 Å². The van der Waals surface area contributed by atoms with E-state index in [4.69, 9.17) is 18.6 Å². The molecular weight excluding hydrogens is 655 g/mol. The number of anilines is 1. The molecule has 262 valence electrons. The number of rotatable bonds is 8. The van der Waals surface area contributed by atoms with E-state index in [0.29, 0.717) is 48.8 Å². The second-order valence-corrected chi connectivity index (χ2v) is 12.7. The van der Waals surface area contributed by atoms with Crippen molar-refractivity contribution in [3.8, 4) is 17.2 Å². The molecule has 50 heavy (non-hydrogen) atoms. The van der Waals surface area contributed by atoms with Crippen molar-refractivity contribution in [3.63, 3.8) is 0 Å². The quantitative estimate of drug-likeness (QED) is 0.127. The van der Waals surface area contributed by atoms with Gasteiger partial charge in [-0.25, -0.2) is 4.39 Å². The molecule has 2 saturated heterocycles. The first-order chi connectivity index (χ1) is 24.2. The number of hydrogen-bond acceptors (Lipinski definition) is 12.